The van der Waals surface area contributed by atoms with Gasteiger partial charge in [0.05, 0.1) is 6.42 Å². The molecule has 1 aromatic carbocycles. The predicted molar refractivity (Wildman–Crippen MR) is 86.6 cm³/mol. The summed E-state index contributed by atoms with van der Waals surface area (Å²) in [5.41, 5.74) is 2.62. The Morgan fingerprint density at radius 2 is 2.18 bits per heavy atom. The summed E-state index contributed by atoms with van der Waals surface area (Å²) in [6.45, 7) is 6.54. The molecule has 3 rings (SSSR count). The van der Waals surface area contributed by atoms with Crippen LogP contribution in [0.3, 0.4) is 0 Å². The number of benzene rings is 1. The lowest BCUT2D eigenvalue weighted by molar-refractivity contribution is -0.121. The van der Waals surface area contributed by atoms with Crippen molar-refractivity contribution in [3.8, 4) is 0 Å². The van der Waals surface area contributed by atoms with E-state index in [4.69, 9.17) is 4.52 Å². The fourth-order valence-electron chi connectivity index (χ4n) is 3.43. The van der Waals surface area contributed by atoms with Crippen molar-refractivity contribution in [2.45, 2.75) is 52.5 Å². The van der Waals surface area contributed by atoms with Gasteiger partial charge in [-0.25, -0.2) is 0 Å². The number of amides is 1. The summed E-state index contributed by atoms with van der Waals surface area (Å²) in [7, 11) is 0. The molecule has 1 N–H and O–H groups in total. The molecular weight excluding hydrogens is 276 g/mol. The maximum absolute atomic E-state index is 12.4. The number of fused-ring (bicyclic) bond motifs is 1. The van der Waals surface area contributed by atoms with Crippen molar-refractivity contribution in [2.75, 3.05) is 0 Å². The molecule has 1 heterocycles. The Morgan fingerprint density at radius 3 is 3.00 bits per heavy atom. The van der Waals surface area contributed by atoms with E-state index in [0.29, 0.717) is 11.8 Å². The molecule has 2 aromatic rings. The second-order valence-electron chi connectivity index (χ2n) is 6.75. The van der Waals surface area contributed by atoms with E-state index in [-0.39, 0.29) is 18.4 Å². The summed E-state index contributed by atoms with van der Waals surface area (Å²) in [6, 6.07) is 6.21. The Bertz CT molecular complexity index is 677. The molecule has 22 heavy (non-hydrogen) atoms. The molecule has 1 saturated carbocycles. The molecule has 0 aliphatic heterocycles. The van der Waals surface area contributed by atoms with E-state index in [1.165, 1.54) is 12.8 Å². The minimum atomic E-state index is 0.0441. The molecule has 0 saturated heterocycles. The number of nitrogens with one attached hydrogen (secondary N) is 1. The van der Waals surface area contributed by atoms with Gasteiger partial charge in [0, 0.05) is 11.4 Å². The first kappa shape index (κ1) is 15.1. The lowest BCUT2D eigenvalue weighted by Crippen LogP contribution is -2.44. The second-order valence-corrected chi connectivity index (χ2v) is 6.75. The Hall–Kier alpha value is -1.84. The predicted octanol–water partition coefficient (Wildman–Crippen LogP) is 3.62. The zero-order valence-corrected chi connectivity index (χ0v) is 13.6. The number of hydrogen-bond donors (Lipinski definition) is 1. The SMILES string of the molecule is Cc1ccc2onc(CC(=O)N[C@@H]3CCC[C@@H](C)[C@@H]3C)c2c1. The zero-order valence-electron chi connectivity index (χ0n) is 13.6. The monoisotopic (exact) mass is 300 g/mol. The molecular formula is C18H24N2O2. The molecule has 1 aliphatic rings. The van der Waals surface area contributed by atoms with Crippen molar-refractivity contribution in [1.82, 2.24) is 10.5 Å². The van der Waals surface area contributed by atoms with Crippen LogP contribution in [0.15, 0.2) is 22.7 Å². The Labute approximate surface area is 131 Å². The van der Waals surface area contributed by atoms with Gasteiger partial charge in [-0.3, -0.25) is 4.79 Å². The number of aryl methyl sites for hydroxylation is 1. The van der Waals surface area contributed by atoms with Crippen molar-refractivity contribution < 1.29 is 9.32 Å². The summed E-state index contributed by atoms with van der Waals surface area (Å²) in [5.74, 6) is 1.26. The maximum Gasteiger partial charge on any atom is 0.226 e. The standard InChI is InChI=1S/C18H24N2O2/c1-11-7-8-17-14(9-11)16(20-22-17)10-18(21)19-15-6-4-5-12(2)13(15)3/h7-9,12-13,15H,4-6,10H2,1-3H3,(H,19,21)/t12-,13+,15-/m1/s1. The van der Waals surface area contributed by atoms with Gasteiger partial charge in [0.1, 0.15) is 5.69 Å². The van der Waals surface area contributed by atoms with Crippen LogP contribution in [0.5, 0.6) is 0 Å². The van der Waals surface area contributed by atoms with E-state index in [2.05, 4.69) is 24.3 Å². The third-order valence-corrected chi connectivity index (χ3v) is 5.08. The molecule has 0 bridgehead atoms. The molecule has 0 unspecified atom stereocenters. The third kappa shape index (κ3) is 3.01. The van der Waals surface area contributed by atoms with Crippen molar-refractivity contribution in [2.24, 2.45) is 11.8 Å². The van der Waals surface area contributed by atoms with Gasteiger partial charge in [-0.15, -0.1) is 0 Å². The van der Waals surface area contributed by atoms with E-state index >= 15 is 0 Å². The summed E-state index contributed by atoms with van der Waals surface area (Å²) in [6.07, 6.45) is 3.83. The average Bonchev–Trinajstić information content (AvgIpc) is 2.86. The summed E-state index contributed by atoms with van der Waals surface area (Å²) < 4.78 is 5.30. The number of aromatic nitrogens is 1. The minimum absolute atomic E-state index is 0.0441. The van der Waals surface area contributed by atoms with E-state index in [1.54, 1.807) is 0 Å². The summed E-state index contributed by atoms with van der Waals surface area (Å²) in [4.78, 5) is 12.4. The number of carbonyl (C=O) groups excluding carboxylic acids is 1. The highest BCUT2D eigenvalue weighted by Crippen LogP contribution is 2.29. The van der Waals surface area contributed by atoms with Crippen LogP contribution >= 0.6 is 0 Å². The lowest BCUT2D eigenvalue weighted by atomic mass is 9.78. The van der Waals surface area contributed by atoms with Gasteiger partial charge in [0.2, 0.25) is 5.91 Å². The van der Waals surface area contributed by atoms with Gasteiger partial charge in [0.15, 0.2) is 5.58 Å². The number of nitrogens with zero attached hydrogens (tertiary/aromatic N) is 1. The van der Waals surface area contributed by atoms with Crippen LogP contribution in [0, 0.1) is 18.8 Å². The number of hydrogen-bond acceptors (Lipinski definition) is 3. The molecule has 118 valence electrons. The molecule has 1 aromatic heterocycles. The first-order chi connectivity index (χ1) is 10.5. The molecule has 3 atom stereocenters. The van der Waals surface area contributed by atoms with Crippen LogP contribution in [0.1, 0.15) is 44.4 Å². The highest BCUT2D eigenvalue weighted by molar-refractivity contribution is 5.86. The van der Waals surface area contributed by atoms with Gasteiger partial charge >= 0.3 is 0 Å². The number of carbonyl (C=O) groups is 1. The first-order valence-electron chi connectivity index (χ1n) is 8.19. The van der Waals surface area contributed by atoms with E-state index in [1.807, 2.05) is 25.1 Å². The summed E-state index contributed by atoms with van der Waals surface area (Å²) >= 11 is 0. The van der Waals surface area contributed by atoms with Crippen molar-refractivity contribution in [1.29, 1.82) is 0 Å². The minimum Gasteiger partial charge on any atom is -0.356 e. The van der Waals surface area contributed by atoms with Crippen molar-refractivity contribution in [3.05, 3.63) is 29.5 Å². The van der Waals surface area contributed by atoms with Gasteiger partial charge in [-0.2, -0.15) is 0 Å². The van der Waals surface area contributed by atoms with Crippen LogP contribution in [0.2, 0.25) is 0 Å². The molecule has 0 spiro atoms. The maximum atomic E-state index is 12.4. The van der Waals surface area contributed by atoms with Crippen molar-refractivity contribution in [3.63, 3.8) is 0 Å². The zero-order chi connectivity index (χ0) is 15.7. The van der Waals surface area contributed by atoms with Gasteiger partial charge in [0.25, 0.3) is 0 Å². The van der Waals surface area contributed by atoms with Crippen molar-refractivity contribution >= 4 is 16.9 Å². The second kappa shape index (κ2) is 6.11. The highest BCUT2D eigenvalue weighted by Gasteiger charge is 2.28. The quantitative estimate of drug-likeness (QED) is 0.942. The molecule has 4 heteroatoms. The lowest BCUT2D eigenvalue weighted by Gasteiger charge is -2.34. The molecule has 1 fully saturated rings. The fraction of sp³-hybridized carbons (Fsp3) is 0.556. The average molecular weight is 300 g/mol. The highest BCUT2D eigenvalue weighted by atomic mass is 16.5. The Kier molecular flexibility index (Phi) is 4.19. The normalized spacial score (nSPS) is 25.3. The third-order valence-electron chi connectivity index (χ3n) is 5.08. The van der Waals surface area contributed by atoms with E-state index in [0.717, 1.165) is 28.6 Å². The molecule has 1 aliphatic carbocycles. The van der Waals surface area contributed by atoms with Crippen LogP contribution in [0.25, 0.3) is 11.0 Å². The topological polar surface area (TPSA) is 55.1 Å². The molecule has 0 radical (unpaired) electrons. The largest absolute Gasteiger partial charge is 0.356 e. The van der Waals surface area contributed by atoms with Gasteiger partial charge in [-0.1, -0.05) is 43.5 Å². The van der Waals surface area contributed by atoms with Gasteiger partial charge < -0.3 is 9.84 Å². The fourth-order valence-corrected chi connectivity index (χ4v) is 3.43. The Morgan fingerprint density at radius 1 is 1.36 bits per heavy atom. The molecule has 1 amide bonds. The van der Waals surface area contributed by atoms with E-state index < -0.39 is 0 Å². The van der Waals surface area contributed by atoms with Crippen LogP contribution < -0.4 is 5.32 Å². The smallest absolute Gasteiger partial charge is 0.226 e. The van der Waals surface area contributed by atoms with Crippen LogP contribution in [0.4, 0.5) is 0 Å². The van der Waals surface area contributed by atoms with Crippen LogP contribution in [-0.4, -0.2) is 17.1 Å². The number of rotatable bonds is 3. The van der Waals surface area contributed by atoms with E-state index in [9.17, 15) is 4.79 Å². The van der Waals surface area contributed by atoms with Crippen LogP contribution in [-0.2, 0) is 11.2 Å². The molecule has 4 nitrogen and oxygen atoms in total. The first-order valence-corrected chi connectivity index (χ1v) is 8.19. The van der Waals surface area contributed by atoms with Gasteiger partial charge in [-0.05, 0) is 37.3 Å². The summed E-state index contributed by atoms with van der Waals surface area (Å²) in [5, 5.41) is 8.21. The Balaban J connectivity index is 1.69.